The van der Waals surface area contributed by atoms with E-state index in [1.807, 2.05) is 12.1 Å². The van der Waals surface area contributed by atoms with Crippen LogP contribution < -0.4 is 15.4 Å². The summed E-state index contributed by atoms with van der Waals surface area (Å²) in [6.07, 6.45) is 1.19. The molecule has 0 spiro atoms. The van der Waals surface area contributed by atoms with Crippen molar-refractivity contribution in [1.29, 1.82) is 0 Å². The molecule has 0 aromatic heterocycles. The van der Waals surface area contributed by atoms with Gasteiger partial charge < -0.3 is 20.3 Å². The fraction of sp³-hybridized carbons (Fsp3) is 0.438. The molecule has 2 N–H and O–H groups in total. The summed E-state index contributed by atoms with van der Waals surface area (Å²) in [5.41, 5.74) is 6.05. The Morgan fingerprint density at radius 1 is 1.22 bits per heavy atom. The summed E-state index contributed by atoms with van der Waals surface area (Å²) in [5, 5.41) is 0. The first kappa shape index (κ1) is 15.3. The Balaban J connectivity index is 1.65. The predicted molar refractivity (Wildman–Crippen MR) is 82.8 cm³/mol. The number of hydrogen-bond donors (Lipinski definition) is 1. The van der Waals surface area contributed by atoms with Gasteiger partial charge in [0.2, 0.25) is 11.8 Å². The molecular weight excluding hydrogens is 298 g/mol. The van der Waals surface area contributed by atoms with Gasteiger partial charge >= 0.3 is 5.97 Å². The number of primary amides is 1. The van der Waals surface area contributed by atoms with Crippen molar-refractivity contribution in [2.45, 2.75) is 12.8 Å². The van der Waals surface area contributed by atoms with Crippen LogP contribution >= 0.6 is 0 Å². The van der Waals surface area contributed by atoms with Gasteiger partial charge in [-0.1, -0.05) is 12.1 Å². The predicted octanol–water partition coefficient (Wildman–Crippen LogP) is 0.136. The van der Waals surface area contributed by atoms with Crippen molar-refractivity contribution in [3.8, 4) is 5.75 Å². The first-order chi connectivity index (χ1) is 11.0. The Bertz CT molecular complexity index is 638. The second-order valence-electron chi connectivity index (χ2n) is 5.86. The van der Waals surface area contributed by atoms with Crippen LogP contribution in [0.15, 0.2) is 24.3 Å². The van der Waals surface area contributed by atoms with Crippen LogP contribution in [0, 0.1) is 5.92 Å². The lowest BCUT2D eigenvalue weighted by molar-refractivity contribution is -0.135. The Kier molecular flexibility index (Phi) is 4.18. The number of rotatable bonds is 3. The third-order valence-electron chi connectivity index (χ3n) is 4.33. The quantitative estimate of drug-likeness (QED) is 0.632. The summed E-state index contributed by atoms with van der Waals surface area (Å²) in [7, 11) is 0. The second kappa shape index (κ2) is 6.28. The lowest BCUT2D eigenvalue weighted by atomic mass is 9.96. The molecule has 2 amide bonds. The molecule has 1 aromatic carbocycles. The van der Waals surface area contributed by atoms with Crippen molar-refractivity contribution < 1.29 is 19.1 Å². The van der Waals surface area contributed by atoms with E-state index in [-0.39, 0.29) is 36.8 Å². The number of anilines is 1. The van der Waals surface area contributed by atoms with Gasteiger partial charge in [-0.2, -0.15) is 0 Å². The number of carbonyl (C=O) groups excluding carboxylic acids is 3. The number of nitrogens with two attached hydrogens (primary N) is 1. The first-order valence-corrected chi connectivity index (χ1v) is 7.66. The highest BCUT2D eigenvalue weighted by atomic mass is 16.5. The Hall–Kier alpha value is -2.57. The van der Waals surface area contributed by atoms with E-state index in [0.717, 1.165) is 5.69 Å². The van der Waals surface area contributed by atoms with Crippen molar-refractivity contribution in [2.75, 3.05) is 31.1 Å². The van der Waals surface area contributed by atoms with E-state index in [0.29, 0.717) is 31.7 Å². The highest BCUT2D eigenvalue weighted by Crippen LogP contribution is 2.31. The number of para-hydroxylation sites is 2. The number of carbonyl (C=O) groups is 3. The van der Waals surface area contributed by atoms with Crippen molar-refractivity contribution in [3.63, 3.8) is 0 Å². The van der Waals surface area contributed by atoms with E-state index in [2.05, 4.69) is 0 Å². The summed E-state index contributed by atoms with van der Waals surface area (Å²) < 4.78 is 5.17. The molecule has 0 bridgehead atoms. The summed E-state index contributed by atoms with van der Waals surface area (Å²) in [4.78, 5) is 38.8. The normalized spacial score (nSPS) is 18.3. The SMILES string of the molecule is NC(=O)C1CCN(C(=O)CN2CC(=O)Oc3ccccc32)CC1. The minimum absolute atomic E-state index is 0.0561. The van der Waals surface area contributed by atoms with E-state index in [1.165, 1.54) is 0 Å². The van der Waals surface area contributed by atoms with Gasteiger partial charge in [0.05, 0.1) is 12.2 Å². The van der Waals surface area contributed by atoms with Gasteiger partial charge in [-0.3, -0.25) is 9.59 Å². The zero-order valence-corrected chi connectivity index (χ0v) is 12.7. The monoisotopic (exact) mass is 317 g/mol. The van der Waals surface area contributed by atoms with Gasteiger partial charge in [-0.05, 0) is 25.0 Å². The number of fused-ring (bicyclic) bond motifs is 1. The zero-order valence-electron chi connectivity index (χ0n) is 12.7. The number of amides is 2. The first-order valence-electron chi connectivity index (χ1n) is 7.66. The second-order valence-corrected chi connectivity index (χ2v) is 5.86. The van der Waals surface area contributed by atoms with Crippen LogP contribution in [0.5, 0.6) is 5.75 Å². The van der Waals surface area contributed by atoms with Crippen molar-refractivity contribution >= 4 is 23.5 Å². The van der Waals surface area contributed by atoms with Gasteiger partial charge in [0, 0.05) is 19.0 Å². The molecule has 7 heteroatoms. The fourth-order valence-corrected chi connectivity index (χ4v) is 3.02. The van der Waals surface area contributed by atoms with E-state index in [1.54, 1.807) is 21.9 Å². The summed E-state index contributed by atoms with van der Waals surface area (Å²) in [6.45, 7) is 1.21. The molecule has 1 aromatic rings. The molecule has 0 unspecified atom stereocenters. The third kappa shape index (κ3) is 3.28. The molecule has 2 aliphatic heterocycles. The Morgan fingerprint density at radius 3 is 2.61 bits per heavy atom. The number of esters is 1. The zero-order chi connectivity index (χ0) is 16.4. The largest absolute Gasteiger partial charge is 0.423 e. The van der Waals surface area contributed by atoms with Crippen molar-refractivity contribution in [2.24, 2.45) is 11.7 Å². The van der Waals surface area contributed by atoms with Crippen molar-refractivity contribution in [1.82, 2.24) is 4.90 Å². The Labute approximate surface area is 134 Å². The summed E-state index contributed by atoms with van der Waals surface area (Å²) in [5.74, 6) is -0.403. The lowest BCUT2D eigenvalue weighted by Crippen LogP contribution is -2.48. The standard InChI is InChI=1S/C16H19N3O4/c17-16(22)11-5-7-18(8-6-11)14(20)9-19-10-15(21)23-13-4-2-1-3-12(13)19/h1-4,11H,5-10H2,(H2,17,22). The number of benzene rings is 1. The van der Waals surface area contributed by atoms with Crippen LogP contribution in [-0.2, 0) is 14.4 Å². The van der Waals surface area contributed by atoms with E-state index in [9.17, 15) is 14.4 Å². The third-order valence-corrected chi connectivity index (χ3v) is 4.33. The Morgan fingerprint density at radius 2 is 1.91 bits per heavy atom. The molecule has 0 aliphatic carbocycles. The van der Waals surface area contributed by atoms with E-state index < -0.39 is 0 Å². The van der Waals surface area contributed by atoms with Gasteiger partial charge in [0.25, 0.3) is 0 Å². The maximum atomic E-state index is 12.5. The van der Waals surface area contributed by atoms with Crippen molar-refractivity contribution in [3.05, 3.63) is 24.3 Å². The molecule has 0 radical (unpaired) electrons. The lowest BCUT2D eigenvalue weighted by Gasteiger charge is -2.34. The highest BCUT2D eigenvalue weighted by molar-refractivity contribution is 5.89. The van der Waals surface area contributed by atoms with Crippen LogP contribution in [0.1, 0.15) is 12.8 Å². The summed E-state index contributed by atoms with van der Waals surface area (Å²) >= 11 is 0. The van der Waals surface area contributed by atoms with Crippen LogP contribution in [0.4, 0.5) is 5.69 Å². The molecule has 1 fully saturated rings. The van der Waals surface area contributed by atoms with Crippen LogP contribution in [-0.4, -0.2) is 48.9 Å². The fourth-order valence-electron chi connectivity index (χ4n) is 3.02. The average molecular weight is 317 g/mol. The van der Waals surface area contributed by atoms with Crippen LogP contribution in [0.3, 0.4) is 0 Å². The number of ether oxygens (including phenoxy) is 1. The number of nitrogens with zero attached hydrogens (tertiary/aromatic N) is 2. The molecule has 1 saturated heterocycles. The van der Waals surface area contributed by atoms with Gasteiger partial charge in [0.1, 0.15) is 6.54 Å². The van der Waals surface area contributed by atoms with Crippen LogP contribution in [0.25, 0.3) is 0 Å². The van der Waals surface area contributed by atoms with Gasteiger partial charge in [-0.25, -0.2) is 4.79 Å². The minimum atomic E-state index is -0.371. The van der Waals surface area contributed by atoms with E-state index in [4.69, 9.17) is 10.5 Å². The molecular formula is C16H19N3O4. The van der Waals surface area contributed by atoms with E-state index >= 15 is 0 Å². The molecule has 7 nitrogen and oxygen atoms in total. The average Bonchev–Trinajstić information content (AvgIpc) is 2.54. The molecule has 23 heavy (non-hydrogen) atoms. The minimum Gasteiger partial charge on any atom is -0.423 e. The molecule has 0 saturated carbocycles. The number of piperidine rings is 1. The maximum absolute atomic E-state index is 12.5. The smallest absolute Gasteiger partial charge is 0.331 e. The molecule has 3 rings (SSSR count). The topological polar surface area (TPSA) is 92.9 Å². The number of hydrogen-bond acceptors (Lipinski definition) is 5. The maximum Gasteiger partial charge on any atom is 0.331 e. The van der Waals surface area contributed by atoms with Gasteiger partial charge in [-0.15, -0.1) is 0 Å². The van der Waals surface area contributed by atoms with Crippen LogP contribution in [0.2, 0.25) is 0 Å². The summed E-state index contributed by atoms with van der Waals surface area (Å²) in [6, 6.07) is 7.16. The molecule has 2 heterocycles. The van der Waals surface area contributed by atoms with Gasteiger partial charge in [0.15, 0.2) is 5.75 Å². The highest BCUT2D eigenvalue weighted by Gasteiger charge is 2.29. The molecule has 0 atom stereocenters. The molecule has 122 valence electrons. The molecule has 2 aliphatic rings. The number of likely N-dealkylation sites (tertiary alicyclic amines) is 1.